The predicted molar refractivity (Wildman–Crippen MR) is 108 cm³/mol. The number of fused-ring (bicyclic) bond motifs is 1. The number of hydrogen-bond donors (Lipinski definition) is 2. The van der Waals surface area contributed by atoms with Crippen molar-refractivity contribution in [1.82, 2.24) is 0 Å². The van der Waals surface area contributed by atoms with Crippen LogP contribution >= 0.6 is 0 Å². The molecule has 150 valence electrons. The predicted octanol–water partition coefficient (Wildman–Crippen LogP) is 2.60. The van der Waals surface area contributed by atoms with Gasteiger partial charge >= 0.3 is 0 Å². The van der Waals surface area contributed by atoms with Gasteiger partial charge in [-0.25, -0.2) is 0 Å². The molecule has 8 nitrogen and oxygen atoms in total. The highest BCUT2D eigenvalue weighted by Crippen LogP contribution is 2.33. The topological polar surface area (TPSA) is 105 Å². The van der Waals surface area contributed by atoms with Crippen LogP contribution in [0.15, 0.2) is 42.5 Å². The summed E-state index contributed by atoms with van der Waals surface area (Å²) in [5, 5.41) is 5.35. The number of anilines is 3. The molecule has 8 heteroatoms. The molecule has 0 aromatic heterocycles. The standard InChI is InChI=1S/C21H21N3O5/c1-3-18(26)14-7-8-19-17(9-14)24(21(28)12-29-19)11-20(27)23-16-6-4-5-15(10-16)22-13(2)25/h4-10H,3,11-12H2,1-2H3,(H,22,25)(H,23,27). The van der Waals surface area contributed by atoms with Gasteiger partial charge in [0.15, 0.2) is 12.4 Å². The van der Waals surface area contributed by atoms with E-state index < -0.39 is 5.91 Å². The second kappa shape index (κ2) is 8.55. The summed E-state index contributed by atoms with van der Waals surface area (Å²) in [6, 6.07) is 11.5. The van der Waals surface area contributed by atoms with E-state index in [-0.39, 0.29) is 30.7 Å². The van der Waals surface area contributed by atoms with Crippen molar-refractivity contribution in [1.29, 1.82) is 0 Å². The normalized spacial score (nSPS) is 12.6. The Balaban J connectivity index is 1.78. The Labute approximate surface area is 167 Å². The Bertz CT molecular complexity index is 986. The lowest BCUT2D eigenvalue weighted by atomic mass is 10.1. The molecule has 0 unspecified atom stereocenters. The largest absolute Gasteiger partial charge is 0.482 e. The molecule has 2 aromatic carbocycles. The molecule has 0 fully saturated rings. The number of nitrogens with one attached hydrogen (secondary N) is 2. The van der Waals surface area contributed by atoms with Crippen LogP contribution in [-0.4, -0.2) is 36.7 Å². The number of rotatable bonds is 6. The van der Waals surface area contributed by atoms with E-state index in [9.17, 15) is 19.2 Å². The summed E-state index contributed by atoms with van der Waals surface area (Å²) in [6.07, 6.45) is 0.332. The van der Waals surface area contributed by atoms with Gasteiger partial charge in [-0.3, -0.25) is 24.1 Å². The highest BCUT2D eigenvalue weighted by atomic mass is 16.5. The van der Waals surface area contributed by atoms with E-state index in [1.165, 1.54) is 11.8 Å². The summed E-state index contributed by atoms with van der Waals surface area (Å²) >= 11 is 0. The molecule has 0 aliphatic carbocycles. The molecule has 3 rings (SSSR count). The molecule has 0 radical (unpaired) electrons. The summed E-state index contributed by atoms with van der Waals surface area (Å²) in [5.74, 6) is -0.636. The van der Waals surface area contributed by atoms with Gasteiger partial charge in [0.2, 0.25) is 11.8 Å². The van der Waals surface area contributed by atoms with Crippen molar-refractivity contribution in [2.24, 2.45) is 0 Å². The number of ether oxygens (including phenoxy) is 1. The lowest BCUT2D eigenvalue weighted by molar-refractivity contribution is -0.123. The highest BCUT2D eigenvalue weighted by Gasteiger charge is 2.28. The molecule has 1 aliphatic rings. The minimum absolute atomic E-state index is 0.0648. The van der Waals surface area contributed by atoms with E-state index in [0.717, 1.165) is 0 Å². The summed E-state index contributed by atoms with van der Waals surface area (Å²) in [4.78, 5) is 49.4. The molecular weight excluding hydrogens is 374 g/mol. The van der Waals surface area contributed by atoms with Crippen LogP contribution in [0.1, 0.15) is 30.6 Å². The second-order valence-corrected chi connectivity index (χ2v) is 6.54. The molecule has 0 bridgehead atoms. The number of nitrogens with zero attached hydrogens (tertiary/aromatic N) is 1. The third-order valence-corrected chi connectivity index (χ3v) is 4.31. The number of Topliss-reactive ketones (excluding diaryl/α,β-unsaturated/α-hetero) is 1. The maximum absolute atomic E-state index is 12.5. The van der Waals surface area contributed by atoms with Gasteiger partial charge in [0, 0.05) is 30.3 Å². The maximum Gasteiger partial charge on any atom is 0.265 e. The fourth-order valence-corrected chi connectivity index (χ4v) is 2.98. The van der Waals surface area contributed by atoms with Gasteiger partial charge in [-0.2, -0.15) is 0 Å². The van der Waals surface area contributed by atoms with Gasteiger partial charge in [-0.1, -0.05) is 13.0 Å². The van der Waals surface area contributed by atoms with Crippen molar-refractivity contribution in [3.8, 4) is 5.75 Å². The Morgan fingerprint density at radius 1 is 1.07 bits per heavy atom. The van der Waals surface area contributed by atoms with Crippen molar-refractivity contribution in [3.63, 3.8) is 0 Å². The van der Waals surface area contributed by atoms with E-state index in [1.807, 2.05) is 0 Å². The number of carbonyl (C=O) groups excluding carboxylic acids is 4. The lowest BCUT2D eigenvalue weighted by Gasteiger charge is -2.29. The van der Waals surface area contributed by atoms with Crippen molar-refractivity contribution in [2.45, 2.75) is 20.3 Å². The Kier molecular flexibility index (Phi) is 5.92. The first-order valence-corrected chi connectivity index (χ1v) is 9.15. The molecule has 2 N–H and O–H groups in total. The number of ketones is 1. The first-order valence-electron chi connectivity index (χ1n) is 9.15. The minimum atomic E-state index is -0.418. The Morgan fingerprint density at radius 3 is 2.48 bits per heavy atom. The quantitative estimate of drug-likeness (QED) is 0.732. The van der Waals surface area contributed by atoms with Gasteiger partial charge in [-0.05, 0) is 36.4 Å². The first-order chi connectivity index (χ1) is 13.9. The van der Waals surface area contributed by atoms with E-state index >= 15 is 0 Å². The van der Waals surface area contributed by atoms with Crippen LogP contribution in [-0.2, 0) is 14.4 Å². The molecule has 29 heavy (non-hydrogen) atoms. The smallest absolute Gasteiger partial charge is 0.265 e. The highest BCUT2D eigenvalue weighted by molar-refractivity contribution is 6.06. The van der Waals surface area contributed by atoms with Gasteiger partial charge in [-0.15, -0.1) is 0 Å². The van der Waals surface area contributed by atoms with Crippen molar-refractivity contribution in [2.75, 3.05) is 28.7 Å². The van der Waals surface area contributed by atoms with Crippen molar-refractivity contribution in [3.05, 3.63) is 48.0 Å². The summed E-state index contributed by atoms with van der Waals surface area (Å²) in [7, 11) is 0. The van der Waals surface area contributed by atoms with Crippen LogP contribution in [0.2, 0.25) is 0 Å². The van der Waals surface area contributed by atoms with Crippen molar-refractivity contribution >= 4 is 40.6 Å². The van der Waals surface area contributed by atoms with Crippen LogP contribution in [0.5, 0.6) is 5.75 Å². The molecule has 3 amide bonds. The van der Waals surface area contributed by atoms with Gasteiger partial charge in [0.1, 0.15) is 12.3 Å². The number of carbonyl (C=O) groups is 4. The zero-order chi connectivity index (χ0) is 21.0. The third kappa shape index (κ3) is 4.78. The number of benzene rings is 2. The van der Waals surface area contributed by atoms with Crippen LogP contribution in [0.3, 0.4) is 0 Å². The van der Waals surface area contributed by atoms with Gasteiger partial charge in [0.25, 0.3) is 5.91 Å². The maximum atomic E-state index is 12.5. The van der Waals surface area contributed by atoms with Crippen molar-refractivity contribution < 1.29 is 23.9 Å². The molecule has 2 aromatic rings. The zero-order valence-corrected chi connectivity index (χ0v) is 16.2. The molecular formula is C21H21N3O5. The van der Waals surface area contributed by atoms with Crippen LogP contribution in [0.4, 0.5) is 17.1 Å². The summed E-state index contributed by atoms with van der Waals surface area (Å²) in [5.41, 5.74) is 1.88. The first kappa shape index (κ1) is 20.1. The summed E-state index contributed by atoms with van der Waals surface area (Å²) in [6.45, 7) is 2.73. The molecule has 1 heterocycles. The van der Waals surface area contributed by atoms with Crippen LogP contribution in [0, 0.1) is 0 Å². The van der Waals surface area contributed by atoms with Gasteiger partial charge < -0.3 is 15.4 Å². The Morgan fingerprint density at radius 2 is 1.79 bits per heavy atom. The van der Waals surface area contributed by atoms with Crippen LogP contribution in [0.25, 0.3) is 0 Å². The lowest BCUT2D eigenvalue weighted by Crippen LogP contribution is -2.43. The van der Waals surface area contributed by atoms with E-state index in [2.05, 4.69) is 10.6 Å². The monoisotopic (exact) mass is 395 g/mol. The van der Waals surface area contributed by atoms with E-state index in [4.69, 9.17) is 4.74 Å². The van der Waals surface area contributed by atoms with Gasteiger partial charge in [0.05, 0.1) is 5.69 Å². The number of hydrogen-bond acceptors (Lipinski definition) is 5. The molecule has 0 saturated carbocycles. The van der Waals surface area contributed by atoms with E-state index in [0.29, 0.717) is 34.8 Å². The summed E-state index contributed by atoms with van der Waals surface area (Å²) < 4.78 is 5.41. The zero-order valence-electron chi connectivity index (χ0n) is 16.2. The fraction of sp³-hybridized carbons (Fsp3) is 0.238. The molecule has 1 aliphatic heterocycles. The average Bonchev–Trinajstić information content (AvgIpc) is 2.69. The number of amides is 3. The molecule has 0 atom stereocenters. The average molecular weight is 395 g/mol. The SMILES string of the molecule is CCC(=O)c1ccc2c(c1)N(CC(=O)Nc1cccc(NC(C)=O)c1)C(=O)CO2. The molecule has 0 saturated heterocycles. The third-order valence-electron chi connectivity index (χ3n) is 4.31. The van der Waals surface area contributed by atoms with E-state index in [1.54, 1.807) is 49.4 Å². The molecule has 0 spiro atoms. The fourth-order valence-electron chi connectivity index (χ4n) is 2.98. The minimum Gasteiger partial charge on any atom is -0.482 e. The van der Waals surface area contributed by atoms with Crippen LogP contribution < -0.4 is 20.3 Å². The Hall–Kier alpha value is -3.68. The second-order valence-electron chi connectivity index (χ2n) is 6.54.